The Morgan fingerprint density at radius 3 is 2.69 bits per heavy atom. The summed E-state index contributed by atoms with van der Waals surface area (Å²) < 4.78 is 0. The van der Waals surface area contributed by atoms with Crippen LogP contribution in [0.4, 0.5) is 5.69 Å². The lowest BCUT2D eigenvalue weighted by molar-refractivity contribution is -0.120. The van der Waals surface area contributed by atoms with E-state index < -0.39 is 0 Å². The molecule has 1 aliphatic rings. The maximum atomic E-state index is 11.9. The molecule has 16 heavy (non-hydrogen) atoms. The molecule has 0 spiro atoms. The molecule has 1 saturated heterocycles. The molecular formula is C13H17NO2. The van der Waals surface area contributed by atoms with Gasteiger partial charge in [-0.1, -0.05) is 17.7 Å². The van der Waals surface area contributed by atoms with Gasteiger partial charge in [-0.3, -0.25) is 4.79 Å². The maximum Gasteiger partial charge on any atom is 0.227 e. The SMILES string of the molecule is Cc1ccc(N2C(=O)CCCC2CO)cc1. The van der Waals surface area contributed by atoms with Crippen molar-refractivity contribution in [3.8, 4) is 0 Å². The van der Waals surface area contributed by atoms with Gasteiger partial charge in [-0.05, 0) is 31.9 Å². The summed E-state index contributed by atoms with van der Waals surface area (Å²) in [5, 5.41) is 9.30. The zero-order chi connectivity index (χ0) is 11.5. The molecule has 0 saturated carbocycles. The molecular weight excluding hydrogens is 202 g/mol. The third-order valence-electron chi connectivity index (χ3n) is 3.08. The first kappa shape index (κ1) is 11.1. The van der Waals surface area contributed by atoms with Crippen molar-refractivity contribution in [1.82, 2.24) is 0 Å². The molecule has 3 nitrogen and oxygen atoms in total. The Balaban J connectivity index is 2.28. The maximum absolute atomic E-state index is 11.9. The zero-order valence-corrected chi connectivity index (χ0v) is 9.52. The highest BCUT2D eigenvalue weighted by molar-refractivity contribution is 5.94. The molecule has 1 aromatic rings. The van der Waals surface area contributed by atoms with E-state index in [4.69, 9.17) is 0 Å². The van der Waals surface area contributed by atoms with E-state index in [1.165, 1.54) is 5.56 Å². The predicted molar refractivity (Wildman–Crippen MR) is 63.4 cm³/mol. The number of anilines is 1. The Morgan fingerprint density at radius 2 is 2.06 bits per heavy atom. The molecule has 1 aromatic carbocycles. The van der Waals surface area contributed by atoms with Gasteiger partial charge in [0.15, 0.2) is 0 Å². The molecule has 1 atom stereocenters. The third kappa shape index (κ3) is 2.09. The summed E-state index contributed by atoms with van der Waals surface area (Å²) >= 11 is 0. The fourth-order valence-electron chi connectivity index (χ4n) is 2.18. The fourth-order valence-corrected chi connectivity index (χ4v) is 2.18. The van der Waals surface area contributed by atoms with Gasteiger partial charge >= 0.3 is 0 Å². The molecule has 0 aromatic heterocycles. The quantitative estimate of drug-likeness (QED) is 0.825. The number of aryl methyl sites for hydroxylation is 1. The summed E-state index contributed by atoms with van der Waals surface area (Å²) in [5.41, 5.74) is 2.07. The Kier molecular flexibility index (Phi) is 3.25. The molecule has 1 amide bonds. The van der Waals surface area contributed by atoms with Crippen molar-refractivity contribution < 1.29 is 9.90 Å². The van der Waals surface area contributed by atoms with E-state index in [9.17, 15) is 9.90 Å². The van der Waals surface area contributed by atoms with Crippen LogP contribution >= 0.6 is 0 Å². The van der Waals surface area contributed by atoms with E-state index in [0.717, 1.165) is 18.5 Å². The molecule has 1 aliphatic heterocycles. The number of aliphatic hydroxyl groups is 1. The Morgan fingerprint density at radius 1 is 1.38 bits per heavy atom. The number of amides is 1. The van der Waals surface area contributed by atoms with E-state index in [1.807, 2.05) is 31.2 Å². The summed E-state index contributed by atoms with van der Waals surface area (Å²) in [6.45, 7) is 2.06. The number of nitrogens with zero attached hydrogens (tertiary/aromatic N) is 1. The van der Waals surface area contributed by atoms with E-state index in [1.54, 1.807) is 4.90 Å². The van der Waals surface area contributed by atoms with Gasteiger partial charge in [-0.25, -0.2) is 0 Å². The predicted octanol–water partition coefficient (Wildman–Crippen LogP) is 1.87. The van der Waals surface area contributed by atoms with Crippen LogP contribution < -0.4 is 4.90 Å². The van der Waals surface area contributed by atoms with Crippen molar-refractivity contribution in [3.63, 3.8) is 0 Å². The number of hydrogen-bond acceptors (Lipinski definition) is 2. The summed E-state index contributed by atoms with van der Waals surface area (Å²) in [7, 11) is 0. The number of rotatable bonds is 2. The molecule has 86 valence electrons. The second kappa shape index (κ2) is 4.66. The number of piperidine rings is 1. The van der Waals surface area contributed by atoms with Crippen molar-refractivity contribution >= 4 is 11.6 Å². The van der Waals surface area contributed by atoms with Crippen LogP contribution in [0.2, 0.25) is 0 Å². The Bertz CT molecular complexity index is 372. The minimum absolute atomic E-state index is 0.0413. The van der Waals surface area contributed by atoms with E-state index in [-0.39, 0.29) is 18.6 Å². The molecule has 1 heterocycles. The molecule has 1 N–H and O–H groups in total. The van der Waals surface area contributed by atoms with Crippen molar-refractivity contribution in [3.05, 3.63) is 29.8 Å². The number of carbonyl (C=O) groups excluding carboxylic acids is 1. The lowest BCUT2D eigenvalue weighted by atomic mass is 10.0. The average Bonchev–Trinajstić information content (AvgIpc) is 2.30. The third-order valence-corrected chi connectivity index (χ3v) is 3.08. The number of benzene rings is 1. The first-order chi connectivity index (χ1) is 7.72. The monoisotopic (exact) mass is 219 g/mol. The van der Waals surface area contributed by atoms with Gasteiger partial charge in [0.05, 0.1) is 12.6 Å². The number of hydrogen-bond donors (Lipinski definition) is 1. The lowest BCUT2D eigenvalue weighted by Crippen LogP contribution is -2.45. The standard InChI is InChI=1S/C13H17NO2/c1-10-5-7-11(8-6-10)14-12(9-15)3-2-4-13(14)16/h5-8,12,15H,2-4,9H2,1H3. The topological polar surface area (TPSA) is 40.5 Å². The lowest BCUT2D eigenvalue weighted by Gasteiger charge is -2.34. The zero-order valence-electron chi connectivity index (χ0n) is 9.52. The highest BCUT2D eigenvalue weighted by Gasteiger charge is 2.28. The van der Waals surface area contributed by atoms with E-state index in [2.05, 4.69) is 0 Å². The van der Waals surface area contributed by atoms with Crippen LogP contribution in [0.15, 0.2) is 24.3 Å². The van der Waals surface area contributed by atoms with Gasteiger partial charge < -0.3 is 10.0 Å². The van der Waals surface area contributed by atoms with Crippen LogP contribution in [0.3, 0.4) is 0 Å². The largest absolute Gasteiger partial charge is 0.394 e. The number of carbonyl (C=O) groups is 1. The van der Waals surface area contributed by atoms with Crippen molar-refractivity contribution in [2.75, 3.05) is 11.5 Å². The van der Waals surface area contributed by atoms with Crippen LogP contribution in [-0.2, 0) is 4.79 Å². The first-order valence-corrected chi connectivity index (χ1v) is 5.72. The van der Waals surface area contributed by atoms with Gasteiger partial charge in [-0.15, -0.1) is 0 Å². The van der Waals surface area contributed by atoms with Gasteiger partial charge in [0.2, 0.25) is 5.91 Å². The smallest absolute Gasteiger partial charge is 0.227 e. The minimum Gasteiger partial charge on any atom is -0.394 e. The minimum atomic E-state index is -0.0519. The fraction of sp³-hybridized carbons (Fsp3) is 0.462. The molecule has 0 radical (unpaired) electrons. The molecule has 1 unspecified atom stereocenters. The Hall–Kier alpha value is -1.35. The molecule has 3 heteroatoms. The van der Waals surface area contributed by atoms with Crippen LogP contribution in [-0.4, -0.2) is 23.7 Å². The van der Waals surface area contributed by atoms with Gasteiger partial charge in [0.1, 0.15) is 0 Å². The van der Waals surface area contributed by atoms with Gasteiger partial charge in [0.25, 0.3) is 0 Å². The van der Waals surface area contributed by atoms with Crippen molar-refractivity contribution in [1.29, 1.82) is 0 Å². The molecule has 0 bridgehead atoms. The first-order valence-electron chi connectivity index (χ1n) is 5.72. The van der Waals surface area contributed by atoms with E-state index in [0.29, 0.717) is 6.42 Å². The van der Waals surface area contributed by atoms with Crippen molar-refractivity contribution in [2.24, 2.45) is 0 Å². The average molecular weight is 219 g/mol. The summed E-state index contributed by atoms with van der Waals surface area (Å²) in [6.07, 6.45) is 2.35. The van der Waals surface area contributed by atoms with Crippen LogP contribution in [0.5, 0.6) is 0 Å². The second-order valence-corrected chi connectivity index (χ2v) is 4.33. The van der Waals surface area contributed by atoms with E-state index >= 15 is 0 Å². The van der Waals surface area contributed by atoms with Crippen LogP contribution in [0, 0.1) is 6.92 Å². The molecule has 0 aliphatic carbocycles. The normalized spacial score (nSPS) is 21.2. The summed E-state index contributed by atoms with van der Waals surface area (Å²) in [6, 6.07) is 7.82. The van der Waals surface area contributed by atoms with Gasteiger partial charge in [-0.2, -0.15) is 0 Å². The molecule has 1 fully saturated rings. The number of aliphatic hydroxyl groups excluding tert-OH is 1. The van der Waals surface area contributed by atoms with Gasteiger partial charge in [0, 0.05) is 12.1 Å². The second-order valence-electron chi connectivity index (χ2n) is 4.33. The summed E-state index contributed by atoms with van der Waals surface area (Å²) in [5.74, 6) is 0.120. The highest BCUT2D eigenvalue weighted by Crippen LogP contribution is 2.25. The summed E-state index contributed by atoms with van der Waals surface area (Å²) in [4.78, 5) is 13.6. The van der Waals surface area contributed by atoms with Crippen LogP contribution in [0.1, 0.15) is 24.8 Å². The van der Waals surface area contributed by atoms with Crippen molar-refractivity contribution in [2.45, 2.75) is 32.2 Å². The van der Waals surface area contributed by atoms with Crippen LogP contribution in [0.25, 0.3) is 0 Å². The Labute approximate surface area is 95.7 Å². The molecule has 2 rings (SSSR count). The highest BCUT2D eigenvalue weighted by atomic mass is 16.3.